The molecule has 1 atom stereocenters. The van der Waals surface area contributed by atoms with Gasteiger partial charge in [0.2, 0.25) is 0 Å². The van der Waals surface area contributed by atoms with Crippen molar-refractivity contribution in [2.45, 2.75) is 25.9 Å². The second-order valence-electron chi connectivity index (χ2n) is 5.40. The number of amides is 2. The van der Waals surface area contributed by atoms with Crippen molar-refractivity contribution in [3.63, 3.8) is 0 Å². The van der Waals surface area contributed by atoms with Crippen LogP contribution in [0.5, 0.6) is 0 Å². The first kappa shape index (κ1) is 13.9. The number of urea groups is 1. The van der Waals surface area contributed by atoms with Crippen LogP contribution in [0, 0.1) is 0 Å². The molecule has 2 aliphatic rings. The minimum absolute atomic E-state index is 0.155. The van der Waals surface area contributed by atoms with Gasteiger partial charge in [0.1, 0.15) is 0 Å². The third-order valence-electron chi connectivity index (χ3n) is 4.14. The van der Waals surface area contributed by atoms with Crippen molar-refractivity contribution in [1.29, 1.82) is 0 Å². The third-order valence-corrected chi connectivity index (χ3v) is 5.06. The number of aryl methyl sites for hydroxylation is 2. The van der Waals surface area contributed by atoms with Crippen molar-refractivity contribution in [3.8, 4) is 0 Å². The van der Waals surface area contributed by atoms with E-state index in [2.05, 4.69) is 33.3 Å². The predicted octanol–water partition coefficient (Wildman–Crippen LogP) is 0.954. The van der Waals surface area contributed by atoms with E-state index in [1.165, 1.54) is 0 Å². The second-order valence-corrected chi connectivity index (χ2v) is 6.19. The number of nitrogens with one attached hydrogen (secondary N) is 1. The fourth-order valence-corrected chi connectivity index (χ4v) is 3.74. The van der Waals surface area contributed by atoms with Gasteiger partial charge in [0.15, 0.2) is 0 Å². The van der Waals surface area contributed by atoms with Crippen LogP contribution < -0.4 is 5.32 Å². The molecule has 3 rings (SSSR count). The highest BCUT2D eigenvalue weighted by molar-refractivity contribution is 9.10. The van der Waals surface area contributed by atoms with Crippen LogP contribution in [0.3, 0.4) is 0 Å². The molecule has 1 unspecified atom stereocenters. The summed E-state index contributed by atoms with van der Waals surface area (Å²) in [6, 6.07) is 0.469. The van der Waals surface area contributed by atoms with Crippen LogP contribution >= 0.6 is 15.9 Å². The lowest BCUT2D eigenvalue weighted by Gasteiger charge is -2.28. The molecule has 7 heteroatoms. The summed E-state index contributed by atoms with van der Waals surface area (Å²) in [6.07, 6.45) is 0.890. The van der Waals surface area contributed by atoms with Gasteiger partial charge in [0.05, 0.1) is 28.4 Å². The lowest BCUT2D eigenvalue weighted by atomic mass is 10.2. The van der Waals surface area contributed by atoms with Crippen molar-refractivity contribution in [2.24, 2.45) is 7.05 Å². The third kappa shape index (κ3) is 2.22. The van der Waals surface area contributed by atoms with Gasteiger partial charge in [0.25, 0.3) is 0 Å². The smallest absolute Gasteiger partial charge is 0.317 e. The zero-order valence-electron chi connectivity index (χ0n) is 11.9. The van der Waals surface area contributed by atoms with Gasteiger partial charge in [-0.25, -0.2) is 4.79 Å². The molecule has 2 fully saturated rings. The molecule has 0 radical (unpaired) electrons. The van der Waals surface area contributed by atoms with Gasteiger partial charge in [-0.05, 0) is 22.4 Å². The molecule has 0 saturated carbocycles. The summed E-state index contributed by atoms with van der Waals surface area (Å²) in [7, 11) is 1.94. The Morgan fingerprint density at radius 1 is 1.50 bits per heavy atom. The summed E-state index contributed by atoms with van der Waals surface area (Å²) in [6.45, 7) is 6.11. The number of carbonyl (C=O) groups is 1. The largest absolute Gasteiger partial charge is 0.320 e. The van der Waals surface area contributed by atoms with Crippen LogP contribution in [0.4, 0.5) is 4.79 Å². The van der Waals surface area contributed by atoms with Gasteiger partial charge in [-0.3, -0.25) is 4.68 Å². The Morgan fingerprint density at radius 3 is 2.95 bits per heavy atom. The molecule has 3 heterocycles. The molecule has 0 aliphatic carbocycles. The molecule has 2 amide bonds. The average molecular weight is 342 g/mol. The predicted molar refractivity (Wildman–Crippen MR) is 79.5 cm³/mol. The maximum atomic E-state index is 12.4. The molecule has 0 aromatic carbocycles. The molecular weight excluding hydrogens is 322 g/mol. The quantitative estimate of drug-likeness (QED) is 0.890. The number of fused-ring (bicyclic) bond motifs is 1. The summed E-state index contributed by atoms with van der Waals surface area (Å²) in [5.41, 5.74) is 2.12. The maximum absolute atomic E-state index is 12.4. The molecule has 1 aromatic rings. The van der Waals surface area contributed by atoms with Gasteiger partial charge in [-0.15, -0.1) is 0 Å². The Balaban J connectivity index is 1.78. The van der Waals surface area contributed by atoms with Crippen LogP contribution in [0.1, 0.15) is 18.3 Å². The highest BCUT2D eigenvalue weighted by Gasteiger charge is 2.38. The topological polar surface area (TPSA) is 53.4 Å². The number of hydrogen-bond acceptors (Lipinski definition) is 3. The average Bonchev–Trinajstić information content (AvgIpc) is 2.91. The van der Waals surface area contributed by atoms with E-state index >= 15 is 0 Å². The molecule has 1 N–H and O–H groups in total. The summed E-state index contributed by atoms with van der Waals surface area (Å²) in [5.74, 6) is 0. The van der Waals surface area contributed by atoms with Gasteiger partial charge in [0, 0.05) is 33.2 Å². The Hall–Kier alpha value is -1.08. The van der Waals surface area contributed by atoms with Crippen molar-refractivity contribution in [2.75, 3.05) is 26.2 Å². The minimum atomic E-state index is 0.155. The number of aromatic nitrogens is 2. The fraction of sp³-hybridized carbons (Fsp3) is 0.692. The van der Waals surface area contributed by atoms with Gasteiger partial charge < -0.3 is 15.1 Å². The van der Waals surface area contributed by atoms with Crippen LogP contribution in [-0.4, -0.2) is 57.8 Å². The van der Waals surface area contributed by atoms with Crippen molar-refractivity contribution in [3.05, 3.63) is 15.9 Å². The van der Waals surface area contributed by atoms with Gasteiger partial charge in [-0.2, -0.15) is 5.10 Å². The van der Waals surface area contributed by atoms with Crippen molar-refractivity contribution in [1.82, 2.24) is 24.9 Å². The molecule has 110 valence electrons. The van der Waals surface area contributed by atoms with Gasteiger partial charge in [-0.1, -0.05) is 6.92 Å². The monoisotopic (exact) mass is 341 g/mol. The Bertz CT molecular complexity index is 529. The summed E-state index contributed by atoms with van der Waals surface area (Å²) >= 11 is 3.62. The standard InChI is InChI=1S/C13H20BrN5O/c1-3-10-12(14)11(17(2)16-10)8-18-7-9-6-15-4-5-19(9)13(18)20/h9,15H,3-8H2,1-2H3. The van der Waals surface area contributed by atoms with Crippen LogP contribution in [0.2, 0.25) is 0 Å². The number of piperazine rings is 1. The van der Waals surface area contributed by atoms with Crippen LogP contribution in [0.25, 0.3) is 0 Å². The minimum Gasteiger partial charge on any atom is -0.317 e. The van der Waals surface area contributed by atoms with Gasteiger partial charge >= 0.3 is 6.03 Å². The molecule has 20 heavy (non-hydrogen) atoms. The number of rotatable bonds is 3. The molecule has 6 nitrogen and oxygen atoms in total. The zero-order valence-corrected chi connectivity index (χ0v) is 13.5. The van der Waals surface area contributed by atoms with Crippen molar-refractivity contribution >= 4 is 22.0 Å². The molecule has 2 saturated heterocycles. The fourth-order valence-electron chi connectivity index (χ4n) is 2.99. The lowest BCUT2D eigenvalue weighted by Crippen LogP contribution is -2.49. The van der Waals surface area contributed by atoms with E-state index in [-0.39, 0.29) is 6.03 Å². The van der Waals surface area contributed by atoms with E-state index in [0.717, 1.165) is 48.5 Å². The maximum Gasteiger partial charge on any atom is 0.320 e. The van der Waals surface area contributed by atoms with E-state index < -0.39 is 0 Å². The molecule has 0 spiro atoms. The van der Waals surface area contributed by atoms with E-state index in [9.17, 15) is 4.79 Å². The lowest BCUT2D eigenvalue weighted by molar-refractivity contribution is 0.177. The Labute approximate surface area is 127 Å². The highest BCUT2D eigenvalue weighted by atomic mass is 79.9. The molecular formula is C13H20BrN5O. The zero-order chi connectivity index (χ0) is 14.3. The first-order valence-corrected chi connectivity index (χ1v) is 7.87. The van der Waals surface area contributed by atoms with E-state index in [4.69, 9.17) is 0 Å². The second kappa shape index (κ2) is 5.37. The van der Waals surface area contributed by atoms with Crippen molar-refractivity contribution < 1.29 is 4.79 Å². The highest BCUT2D eigenvalue weighted by Crippen LogP contribution is 2.26. The number of nitrogens with zero attached hydrogens (tertiary/aromatic N) is 4. The van der Waals surface area contributed by atoms with Crippen LogP contribution in [0.15, 0.2) is 4.47 Å². The van der Waals surface area contributed by atoms with Crippen LogP contribution in [-0.2, 0) is 20.0 Å². The van der Waals surface area contributed by atoms with E-state index in [1.807, 2.05) is 21.5 Å². The van der Waals surface area contributed by atoms with E-state index in [1.54, 1.807) is 0 Å². The Morgan fingerprint density at radius 2 is 2.30 bits per heavy atom. The summed E-state index contributed by atoms with van der Waals surface area (Å²) in [4.78, 5) is 16.3. The summed E-state index contributed by atoms with van der Waals surface area (Å²) < 4.78 is 2.92. The first-order valence-electron chi connectivity index (χ1n) is 7.08. The summed E-state index contributed by atoms with van der Waals surface area (Å²) in [5, 5.41) is 7.84. The Kier molecular flexibility index (Phi) is 3.72. The number of carbonyl (C=O) groups excluding carboxylic acids is 1. The molecule has 0 bridgehead atoms. The van der Waals surface area contributed by atoms with E-state index in [0.29, 0.717) is 12.6 Å². The number of halogens is 1. The molecule has 1 aromatic heterocycles. The SMILES string of the molecule is CCc1nn(C)c(CN2CC3CNCCN3C2=O)c1Br. The number of hydrogen-bond donors (Lipinski definition) is 1. The normalized spacial score (nSPS) is 22.6. The first-order chi connectivity index (χ1) is 9.61. The molecule has 2 aliphatic heterocycles.